The van der Waals surface area contributed by atoms with Crippen LogP contribution in [0.3, 0.4) is 0 Å². The van der Waals surface area contributed by atoms with Crippen molar-refractivity contribution in [1.29, 1.82) is 0 Å². The van der Waals surface area contributed by atoms with Gasteiger partial charge in [-0.1, -0.05) is 11.6 Å². The van der Waals surface area contributed by atoms with Gasteiger partial charge in [-0.25, -0.2) is 0 Å². The van der Waals surface area contributed by atoms with Crippen molar-refractivity contribution in [3.8, 4) is 0 Å². The van der Waals surface area contributed by atoms with E-state index in [-0.39, 0.29) is 12.5 Å². The molecule has 1 aromatic carbocycles. The molecule has 94 valence electrons. The van der Waals surface area contributed by atoms with E-state index in [0.717, 1.165) is 5.69 Å². The Morgan fingerprint density at radius 1 is 1.35 bits per heavy atom. The van der Waals surface area contributed by atoms with E-state index >= 15 is 0 Å². The van der Waals surface area contributed by atoms with Crippen molar-refractivity contribution in [3.05, 3.63) is 29.3 Å². The Bertz CT molecular complexity index is 341. The van der Waals surface area contributed by atoms with Crippen LogP contribution in [0.25, 0.3) is 0 Å². The maximum absolute atomic E-state index is 11.5. The van der Waals surface area contributed by atoms with E-state index in [1.807, 2.05) is 6.92 Å². The summed E-state index contributed by atoms with van der Waals surface area (Å²) >= 11 is 5.74. The lowest BCUT2D eigenvalue weighted by molar-refractivity contribution is -0.115. The van der Waals surface area contributed by atoms with E-state index in [1.165, 1.54) is 0 Å². The highest BCUT2D eigenvalue weighted by Gasteiger charge is 2.01. The van der Waals surface area contributed by atoms with Crippen LogP contribution >= 0.6 is 11.6 Å². The second-order valence-electron chi connectivity index (χ2n) is 3.43. The summed E-state index contributed by atoms with van der Waals surface area (Å²) in [7, 11) is 0. The maximum Gasteiger partial charge on any atom is 0.238 e. The molecule has 0 saturated heterocycles. The summed E-state index contributed by atoms with van der Waals surface area (Å²) in [5.41, 5.74) is 0.742. The van der Waals surface area contributed by atoms with Crippen molar-refractivity contribution in [1.82, 2.24) is 5.32 Å². The SMILES string of the molecule is CCOCCNCC(=O)Nc1ccc(Cl)cc1. The molecule has 17 heavy (non-hydrogen) atoms. The molecule has 0 heterocycles. The molecule has 0 atom stereocenters. The second kappa shape index (κ2) is 8.06. The Morgan fingerprint density at radius 3 is 2.71 bits per heavy atom. The molecule has 4 nitrogen and oxygen atoms in total. The predicted molar refractivity (Wildman–Crippen MR) is 69.4 cm³/mol. The van der Waals surface area contributed by atoms with Crippen LogP contribution in [-0.2, 0) is 9.53 Å². The monoisotopic (exact) mass is 256 g/mol. The van der Waals surface area contributed by atoms with Crippen LogP contribution in [0.2, 0.25) is 5.02 Å². The number of nitrogens with one attached hydrogen (secondary N) is 2. The molecule has 2 N–H and O–H groups in total. The first-order valence-electron chi connectivity index (χ1n) is 5.56. The van der Waals surface area contributed by atoms with Gasteiger partial charge < -0.3 is 15.4 Å². The number of amides is 1. The third kappa shape index (κ3) is 6.26. The fraction of sp³-hybridized carbons (Fsp3) is 0.417. The third-order valence-corrected chi connectivity index (χ3v) is 2.29. The molecule has 1 aromatic rings. The van der Waals surface area contributed by atoms with Crippen LogP contribution < -0.4 is 10.6 Å². The fourth-order valence-electron chi connectivity index (χ4n) is 1.23. The van der Waals surface area contributed by atoms with Gasteiger partial charge in [-0.3, -0.25) is 4.79 Å². The van der Waals surface area contributed by atoms with E-state index in [2.05, 4.69) is 10.6 Å². The van der Waals surface area contributed by atoms with Crippen molar-refractivity contribution in [3.63, 3.8) is 0 Å². The van der Waals surface area contributed by atoms with Crippen LogP contribution in [-0.4, -0.2) is 32.2 Å². The van der Waals surface area contributed by atoms with Crippen molar-refractivity contribution >= 4 is 23.2 Å². The van der Waals surface area contributed by atoms with Gasteiger partial charge in [-0.2, -0.15) is 0 Å². The minimum atomic E-state index is -0.0798. The van der Waals surface area contributed by atoms with Crippen LogP contribution in [0, 0.1) is 0 Å². The highest BCUT2D eigenvalue weighted by molar-refractivity contribution is 6.30. The average molecular weight is 257 g/mol. The molecule has 0 saturated carbocycles. The molecule has 1 rings (SSSR count). The zero-order valence-corrected chi connectivity index (χ0v) is 10.6. The third-order valence-electron chi connectivity index (χ3n) is 2.04. The molecule has 0 radical (unpaired) electrons. The van der Waals surface area contributed by atoms with E-state index < -0.39 is 0 Å². The molecule has 0 bridgehead atoms. The first kappa shape index (κ1) is 14.0. The molecule has 0 aromatic heterocycles. The lowest BCUT2D eigenvalue weighted by Gasteiger charge is -2.06. The predicted octanol–water partition coefficient (Wildman–Crippen LogP) is 1.90. The van der Waals surface area contributed by atoms with Gasteiger partial charge in [0.25, 0.3) is 0 Å². The van der Waals surface area contributed by atoms with Gasteiger partial charge in [-0.15, -0.1) is 0 Å². The van der Waals surface area contributed by atoms with Crippen molar-refractivity contribution in [2.45, 2.75) is 6.92 Å². The summed E-state index contributed by atoms with van der Waals surface area (Å²) in [6.07, 6.45) is 0. The summed E-state index contributed by atoms with van der Waals surface area (Å²) in [4.78, 5) is 11.5. The number of carbonyl (C=O) groups excluding carboxylic acids is 1. The number of ether oxygens (including phenoxy) is 1. The Hall–Kier alpha value is -1.10. The molecule has 5 heteroatoms. The Morgan fingerprint density at radius 2 is 2.06 bits per heavy atom. The van der Waals surface area contributed by atoms with Gasteiger partial charge in [0.2, 0.25) is 5.91 Å². The second-order valence-corrected chi connectivity index (χ2v) is 3.87. The first-order chi connectivity index (χ1) is 8.22. The lowest BCUT2D eigenvalue weighted by Crippen LogP contribution is -2.30. The normalized spacial score (nSPS) is 10.2. The van der Waals surface area contributed by atoms with E-state index in [0.29, 0.717) is 24.8 Å². The van der Waals surface area contributed by atoms with Crippen LogP contribution in [0.4, 0.5) is 5.69 Å². The Kier molecular flexibility index (Phi) is 6.62. The molecule has 0 fully saturated rings. The van der Waals surface area contributed by atoms with Gasteiger partial charge >= 0.3 is 0 Å². The summed E-state index contributed by atoms with van der Waals surface area (Å²) < 4.78 is 5.14. The molecule has 1 amide bonds. The van der Waals surface area contributed by atoms with Gasteiger partial charge in [0.05, 0.1) is 13.2 Å². The van der Waals surface area contributed by atoms with Crippen molar-refractivity contribution in [2.75, 3.05) is 31.6 Å². The zero-order valence-electron chi connectivity index (χ0n) is 9.83. The minimum Gasteiger partial charge on any atom is -0.380 e. The van der Waals surface area contributed by atoms with Crippen LogP contribution in [0.1, 0.15) is 6.92 Å². The van der Waals surface area contributed by atoms with Gasteiger partial charge in [-0.05, 0) is 31.2 Å². The number of carbonyl (C=O) groups is 1. The molecule has 0 aliphatic rings. The van der Waals surface area contributed by atoms with Crippen molar-refractivity contribution in [2.24, 2.45) is 0 Å². The summed E-state index contributed by atoms with van der Waals surface area (Å²) in [6.45, 7) is 4.19. The average Bonchev–Trinajstić information content (AvgIpc) is 2.32. The highest BCUT2D eigenvalue weighted by Crippen LogP contribution is 2.12. The smallest absolute Gasteiger partial charge is 0.238 e. The van der Waals surface area contributed by atoms with E-state index in [4.69, 9.17) is 16.3 Å². The number of anilines is 1. The first-order valence-corrected chi connectivity index (χ1v) is 5.94. The largest absolute Gasteiger partial charge is 0.380 e. The number of benzene rings is 1. The Balaban J connectivity index is 2.18. The molecular formula is C12H17ClN2O2. The lowest BCUT2D eigenvalue weighted by atomic mass is 10.3. The molecule has 0 unspecified atom stereocenters. The number of hydrogen-bond acceptors (Lipinski definition) is 3. The van der Waals surface area contributed by atoms with Gasteiger partial charge in [0, 0.05) is 23.9 Å². The minimum absolute atomic E-state index is 0.0798. The number of hydrogen-bond donors (Lipinski definition) is 2. The molecule has 0 aliphatic carbocycles. The molecule has 0 spiro atoms. The standard InChI is InChI=1S/C12H17ClN2O2/c1-2-17-8-7-14-9-12(16)15-11-5-3-10(13)4-6-11/h3-6,14H,2,7-9H2,1H3,(H,15,16). The van der Waals surface area contributed by atoms with Gasteiger partial charge in [0.15, 0.2) is 0 Å². The Labute approximate surface area is 106 Å². The fourth-order valence-corrected chi connectivity index (χ4v) is 1.35. The molecular weight excluding hydrogens is 240 g/mol. The van der Waals surface area contributed by atoms with Gasteiger partial charge in [0.1, 0.15) is 0 Å². The number of rotatable bonds is 7. The quantitative estimate of drug-likeness (QED) is 0.733. The maximum atomic E-state index is 11.5. The zero-order chi connectivity index (χ0) is 12.5. The number of halogens is 1. The van der Waals surface area contributed by atoms with Crippen LogP contribution in [0.5, 0.6) is 0 Å². The summed E-state index contributed by atoms with van der Waals surface area (Å²) in [5, 5.41) is 6.40. The topological polar surface area (TPSA) is 50.4 Å². The van der Waals surface area contributed by atoms with Crippen molar-refractivity contribution < 1.29 is 9.53 Å². The van der Waals surface area contributed by atoms with Crippen LogP contribution in [0.15, 0.2) is 24.3 Å². The summed E-state index contributed by atoms with van der Waals surface area (Å²) in [6, 6.07) is 7.00. The van der Waals surface area contributed by atoms with E-state index in [1.54, 1.807) is 24.3 Å². The highest BCUT2D eigenvalue weighted by atomic mass is 35.5. The molecule has 0 aliphatic heterocycles. The van der Waals surface area contributed by atoms with E-state index in [9.17, 15) is 4.79 Å². The summed E-state index contributed by atoms with van der Waals surface area (Å²) in [5.74, 6) is -0.0798.